The van der Waals surface area contributed by atoms with E-state index in [1.165, 1.54) is 10.6 Å². The number of rotatable bonds is 4. The Morgan fingerprint density at radius 2 is 1.98 bits per heavy atom. The van der Waals surface area contributed by atoms with Gasteiger partial charge in [0.25, 0.3) is 5.56 Å². The summed E-state index contributed by atoms with van der Waals surface area (Å²) in [6, 6.07) is 3.59. The Balaban J connectivity index is 1.41. The average molecular weight is 609 g/mol. The van der Waals surface area contributed by atoms with Crippen molar-refractivity contribution in [3.05, 3.63) is 62.2 Å². The standard InChI is InChI=1S/C31H33FN4O8/c1-6-31(41)20-10-24-25-18(13-35(24)27(38)19(20)14-42-28(31)39)17(16-9-15(2)21(32)11-22(16)34-25)12-33-26(37)23-7-8-43-36(23)29(40)44-30(3,4)5/h9-11,23,41H,6-8,12-14H2,1-5H3,(H,33,37)/t23-,31+/m1/s1. The van der Waals surface area contributed by atoms with Gasteiger partial charge in [0.15, 0.2) is 5.60 Å². The molecule has 0 unspecified atom stereocenters. The molecular formula is C31H33FN4O8. The first kappa shape index (κ1) is 29.7. The minimum Gasteiger partial charge on any atom is -0.458 e. The van der Waals surface area contributed by atoms with Crippen LogP contribution in [-0.4, -0.2) is 55.9 Å². The van der Waals surface area contributed by atoms with Crippen LogP contribution in [0.3, 0.4) is 0 Å². The smallest absolute Gasteiger partial charge is 0.435 e. The largest absolute Gasteiger partial charge is 0.458 e. The number of halogens is 1. The number of carbonyl (C=O) groups excluding carboxylic acids is 3. The van der Waals surface area contributed by atoms with E-state index in [0.29, 0.717) is 39.0 Å². The van der Waals surface area contributed by atoms with E-state index >= 15 is 0 Å². The molecule has 13 heteroatoms. The van der Waals surface area contributed by atoms with E-state index in [1.54, 1.807) is 46.8 Å². The zero-order chi connectivity index (χ0) is 31.7. The van der Waals surface area contributed by atoms with Crippen LogP contribution in [0.1, 0.15) is 68.4 Å². The maximum absolute atomic E-state index is 14.7. The van der Waals surface area contributed by atoms with Gasteiger partial charge in [0.1, 0.15) is 24.1 Å². The third-order valence-corrected chi connectivity index (χ3v) is 8.31. The molecule has 44 heavy (non-hydrogen) atoms. The number of amides is 2. The highest BCUT2D eigenvalue weighted by molar-refractivity contribution is 5.91. The summed E-state index contributed by atoms with van der Waals surface area (Å²) in [6.45, 7) is 8.33. The van der Waals surface area contributed by atoms with Gasteiger partial charge in [-0.1, -0.05) is 6.92 Å². The number of aryl methyl sites for hydroxylation is 1. The van der Waals surface area contributed by atoms with Gasteiger partial charge in [0, 0.05) is 35.5 Å². The Morgan fingerprint density at radius 3 is 2.68 bits per heavy atom. The average Bonchev–Trinajstić information content (AvgIpc) is 3.59. The number of ether oxygens (including phenoxy) is 2. The summed E-state index contributed by atoms with van der Waals surface area (Å²) in [5, 5.41) is 15.6. The lowest BCUT2D eigenvalue weighted by Crippen LogP contribution is -2.46. The van der Waals surface area contributed by atoms with E-state index in [4.69, 9.17) is 19.3 Å². The van der Waals surface area contributed by atoms with E-state index < -0.39 is 46.6 Å². The van der Waals surface area contributed by atoms with Crippen molar-refractivity contribution in [3.63, 3.8) is 0 Å². The third kappa shape index (κ3) is 4.70. The number of hydrogen-bond donors (Lipinski definition) is 2. The number of aromatic nitrogens is 2. The normalized spacial score (nSPS) is 20.7. The van der Waals surface area contributed by atoms with Gasteiger partial charge < -0.3 is 24.5 Å². The van der Waals surface area contributed by atoms with Gasteiger partial charge in [0.2, 0.25) is 5.91 Å². The molecule has 0 saturated carbocycles. The summed E-state index contributed by atoms with van der Waals surface area (Å²) >= 11 is 0. The lowest BCUT2D eigenvalue weighted by molar-refractivity contribution is -0.172. The maximum atomic E-state index is 14.7. The Kier molecular flexibility index (Phi) is 7.00. The second-order valence-electron chi connectivity index (χ2n) is 12.3. The second-order valence-corrected chi connectivity index (χ2v) is 12.3. The number of pyridine rings is 2. The van der Waals surface area contributed by atoms with Gasteiger partial charge in [-0.2, -0.15) is 5.06 Å². The summed E-state index contributed by atoms with van der Waals surface area (Å²) in [7, 11) is 0. The summed E-state index contributed by atoms with van der Waals surface area (Å²) in [5.41, 5.74) is -0.220. The highest BCUT2D eigenvalue weighted by Gasteiger charge is 2.45. The number of nitrogens with one attached hydrogen (secondary N) is 1. The summed E-state index contributed by atoms with van der Waals surface area (Å²) in [5.74, 6) is -1.78. The highest BCUT2D eigenvalue weighted by Crippen LogP contribution is 2.40. The molecular weight excluding hydrogens is 575 g/mol. The van der Waals surface area contributed by atoms with E-state index in [9.17, 15) is 28.7 Å². The minimum absolute atomic E-state index is 0.00725. The van der Waals surface area contributed by atoms with Crippen LogP contribution in [0.25, 0.3) is 22.3 Å². The summed E-state index contributed by atoms with van der Waals surface area (Å²) in [6.07, 6.45) is -0.519. The predicted octanol–water partition coefficient (Wildman–Crippen LogP) is 3.08. The SMILES string of the molecule is CC[C@@]1(O)C(=O)OCc2c1cc1n(c2=O)Cc2c-1nc1cc(F)c(C)cc1c2CNC(=O)[C@H]1CCON1C(=O)OC(C)(C)C. The quantitative estimate of drug-likeness (QED) is 0.333. The van der Waals surface area contributed by atoms with Gasteiger partial charge in [-0.05, 0) is 57.4 Å². The van der Waals surface area contributed by atoms with Crippen LogP contribution in [-0.2, 0) is 49.2 Å². The number of aliphatic hydroxyl groups is 1. The molecule has 3 aliphatic heterocycles. The molecule has 6 rings (SSSR count). The number of cyclic esters (lactones) is 1. The van der Waals surface area contributed by atoms with E-state index in [2.05, 4.69) is 5.32 Å². The first-order valence-electron chi connectivity index (χ1n) is 14.4. The molecule has 0 spiro atoms. The molecule has 232 valence electrons. The fourth-order valence-corrected chi connectivity index (χ4v) is 5.98. The van der Waals surface area contributed by atoms with Crippen LogP contribution >= 0.6 is 0 Å². The van der Waals surface area contributed by atoms with Crippen LogP contribution < -0.4 is 10.9 Å². The van der Waals surface area contributed by atoms with E-state index in [-0.39, 0.29) is 50.3 Å². The Hall–Kier alpha value is -4.36. The number of nitrogens with zero attached hydrogens (tertiary/aromatic N) is 3. The van der Waals surface area contributed by atoms with E-state index in [0.717, 1.165) is 5.06 Å². The molecule has 0 aliphatic carbocycles. The number of carbonyl (C=O) groups is 3. The molecule has 1 fully saturated rings. The van der Waals surface area contributed by atoms with Gasteiger partial charge in [-0.15, -0.1) is 0 Å². The molecule has 0 bridgehead atoms. The number of hydroxylamine groups is 2. The van der Waals surface area contributed by atoms with Crippen molar-refractivity contribution in [2.45, 2.75) is 84.4 Å². The number of esters is 1. The highest BCUT2D eigenvalue weighted by atomic mass is 19.1. The molecule has 1 aromatic carbocycles. The fraction of sp³-hybridized carbons (Fsp3) is 0.452. The van der Waals surface area contributed by atoms with Crippen molar-refractivity contribution in [1.82, 2.24) is 19.9 Å². The first-order chi connectivity index (χ1) is 20.7. The molecule has 2 atom stereocenters. The number of hydrogen-bond acceptors (Lipinski definition) is 9. The van der Waals surface area contributed by atoms with Crippen LogP contribution in [0.15, 0.2) is 23.0 Å². The zero-order valence-electron chi connectivity index (χ0n) is 25.1. The van der Waals surface area contributed by atoms with Crippen LogP contribution in [0, 0.1) is 12.7 Å². The third-order valence-electron chi connectivity index (χ3n) is 8.31. The van der Waals surface area contributed by atoms with Gasteiger partial charge in [0.05, 0.1) is 35.6 Å². The van der Waals surface area contributed by atoms with Crippen molar-refractivity contribution < 1.29 is 38.2 Å². The van der Waals surface area contributed by atoms with Crippen molar-refractivity contribution in [2.75, 3.05) is 6.61 Å². The zero-order valence-corrected chi connectivity index (χ0v) is 25.1. The molecule has 2 N–H and O–H groups in total. The molecule has 2 aromatic heterocycles. The summed E-state index contributed by atoms with van der Waals surface area (Å²) < 4.78 is 26.8. The molecule has 12 nitrogen and oxygen atoms in total. The summed E-state index contributed by atoms with van der Waals surface area (Å²) in [4.78, 5) is 62.4. The molecule has 1 saturated heterocycles. The van der Waals surface area contributed by atoms with Gasteiger partial charge >= 0.3 is 12.1 Å². The monoisotopic (exact) mass is 608 g/mol. The number of fused-ring (bicyclic) bond motifs is 5. The first-order valence-corrected chi connectivity index (χ1v) is 14.4. The lowest BCUT2D eigenvalue weighted by Gasteiger charge is -2.31. The van der Waals surface area contributed by atoms with Gasteiger partial charge in [-0.25, -0.2) is 19.0 Å². The van der Waals surface area contributed by atoms with Crippen molar-refractivity contribution in [1.29, 1.82) is 0 Å². The second kappa shape index (κ2) is 10.4. The fourth-order valence-electron chi connectivity index (χ4n) is 5.98. The molecule has 0 radical (unpaired) electrons. The van der Waals surface area contributed by atoms with Gasteiger partial charge in [-0.3, -0.25) is 14.4 Å². The van der Waals surface area contributed by atoms with Crippen LogP contribution in [0.4, 0.5) is 9.18 Å². The van der Waals surface area contributed by atoms with Crippen LogP contribution in [0.5, 0.6) is 0 Å². The minimum atomic E-state index is -1.99. The molecule has 5 heterocycles. The van der Waals surface area contributed by atoms with Crippen molar-refractivity contribution in [2.24, 2.45) is 0 Å². The molecule has 2 amide bonds. The topological polar surface area (TPSA) is 149 Å². The molecule has 3 aromatic rings. The van der Waals surface area contributed by atoms with Crippen LogP contribution in [0.2, 0.25) is 0 Å². The molecule has 3 aliphatic rings. The lowest BCUT2D eigenvalue weighted by atomic mass is 9.86. The Bertz CT molecular complexity index is 1810. The Morgan fingerprint density at radius 1 is 1.23 bits per heavy atom. The van der Waals surface area contributed by atoms with Crippen molar-refractivity contribution >= 4 is 28.9 Å². The Labute approximate surface area is 251 Å². The maximum Gasteiger partial charge on any atom is 0.435 e. The van der Waals surface area contributed by atoms with Crippen molar-refractivity contribution in [3.8, 4) is 11.4 Å². The van der Waals surface area contributed by atoms with E-state index in [1.807, 2.05) is 0 Å². The predicted molar refractivity (Wildman–Crippen MR) is 153 cm³/mol. The number of benzene rings is 1.